The van der Waals surface area contributed by atoms with Gasteiger partial charge >= 0.3 is 0 Å². The SMILES string of the molecule is C[C@@H](N=C=S)c1cnn(C)c1. The summed E-state index contributed by atoms with van der Waals surface area (Å²) in [5, 5.41) is 6.36. The molecule has 3 nitrogen and oxygen atoms in total. The normalized spacial score (nSPS) is 12.2. The van der Waals surface area contributed by atoms with Gasteiger partial charge in [0.05, 0.1) is 17.4 Å². The number of nitrogens with zero attached hydrogens (tertiary/aromatic N) is 3. The molecule has 0 saturated heterocycles. The maximum atomic E-state index is 4.49. The van der Waals surface area contributed by atoms with Crippen molar-refractivity contribution in [2.24, 2.45) is 12.0 Å². The molecule has 0 spiro atoms. The quantitative estimate of drug-likeness (QED) is 0.494. The van der Waals surface area contributed by atoms with Gasteiger partial charge in [-0.25, -0.2) is 4.99 Å². The summed E-state index contributed by atoms with van der Waals surface area (Å²) in [5.41, 5.74) is 1.06. The highest BCUT2D eigenvalue weighted by atomic mass is 32.1. The summed E-state index contributed by atoms with van der Waals surface area (Å²) >= 11 is 4.49. The molecule has 0 bridgehead atoms. The predicted molar refractivity (Wildman–Crippen MR) is 46.6 cm³/mol. The molecule has 58 valence electrons. The summed E-state index contributed by atoms with van der Waals surface area (Å²) in [4.78, 5) is 3.92. The fraction of sp³-hybridized carbons (Fsp3) is 0.429. The smallest absolute Gasteiger partial charge is 0.0854 e. The minimum Gasteiger partial charge on any atom is -0.275 e. The number of thiocarbonyl (C=S) groups is 1. The first-order chi connectivity index (χ1) is 5.24. The van der Waals surface area contributed by atoms with Crippen LogP contribution in [0.15, 0.2) is 17.4 Å². The first-order valence-electron chi connectivity index (χ1n) is 3.29. The lowest BCUT2D eigenvalue weighted by Gasteiger charge is -1.96. The predicted octanol–water partition coefficient (Wildman–Crippen LogP) is 1.58. The van der Waals surface area contributed by atoms with Gasteiger partial charge in [0, 0.05) is 18.8 Å². The fourth-order valence-electron chi connectivity index (χ4n) is 0.809. The number of rotatable bonds is 2. The van der Waals surface area contributed by atoms with Gasteiger partial charge in [-0.2, -0.15) is 5.10 Å². The second-order valence-electron chi connectivity index (χ2n) is 2.34. The lowest BCUT2D eigenvalue weighted by Crippen LogP contribution is -1.87. The van der Waals surface area contributed by atoms with Crippen LogP contribution >= 0.6 is 12.2 Å². The third kappa shape index (κ3) is 1.97. The summed E-state index contributed by atoms with van der Waals surface area (Å²) < 4.78 is 1.74. The van der Waals surface area contributed by atoms with E-state index in [0.29, 0.717) is 0 Å². The van der Waals surface area contributed by atoms with Gasteiger partial charge in [0.2, 0.25) is 0 Å². The Kier molecular flexibility index (Phi) is 2.52. The van der Waals surface area contributed by atoms with E-state index in [1.54, 1.807) is 10.9 Å². The lowest BCUT2D eigenvalue weighted by atomic mass is 10.2. The fourth-order valence-corrected chi connectivity index (χ4v) is 0.968. The van der Waals surface area contributed by atoms with Gasteiger partial charge in [-0.3, -0.25) is 4.68 Å². The van der Waals surface area contributed by atoms with Crippen LogP contribution in [0.4, 0.5) is 0 Å². The first kappa shape index (κ1) is 8.11. The van der Waals surface area contributed by atoms with Gasteiger partial charge in [0.25, 0.3) is 0 Å². The van der Waals surface area contributed by atoms with Crippen molar-refractivity contribution in [3.63, 3.8) is 0 Å². The van der Waals surface area contributed by atoms with E-state index in [-0.39, 0.29) is 6.04 Å². The Bertz CT molecular complexity index is 286. The van der Waals surface area contributed by atoms with Crippen LogP contribution in [0.5, 0.6) is 0 Å². The molecule has 0 radical (unpaired) electrons. The monoisotopic (exact) mass is 167 g/mol. The van der Waals surface area contributed by atoms with Gasteiger partial charge in [-0.1, -0.05) is 0 Å². The van der Waals surface area contributed by atoms with E-state index in [2.05, 4.69) is 27.5 Å². The topological polar surface area (TPSA) is 30.2 Å². The molecule has 0 aliphatic carbocycles. The summed E-state index contributed by atoms with van der Waals surface area (Å²) in [6.45, 7) is 1.95. The molecule has 1 atom stereocenters. The molecule has 0 aromatic carbocycles. The van der Waals surface area contributed by atoms with Crippen LogP contribution in [-0.2, 0) is 7.05 Å². The molecule has 0 fully saturated rings. The van der Waals surface area contributed by atoms with E-state index in [0.717, 1.165) is 5.56 Å². The first-order valence-corrected chi connectivity index (χ1v) is 3.70. The lowest BCUT2D eigenvalue weighted by molar-refractivity contribution is 0.763. The van der Waals surface area contributed by atoms with Crippen LogP contribution in [0.1, 0.15) is 18.5 Å². The van der Waals surface area contributed by atoms with Crippen LogP contribution in [0, 0.1) is 0 Å². The molecule has 1 aromatic heterocycles. The number of isothiocyanates is 1. The second-order valence-corrected chi connectivity index (χ2v) is 2.53. The molecule has 4 heteroatoms. The largest absolute Gasteiger partial charge is 0.275 e. The van der Waals surface area contributed by atoms with Crippen LogP contribution in [-0.4, -0.2) is 14.9 Å². The minimum absolute atomic E-state index is 0.0706. The van der Waals surface area contributed by atoms with E-state index in [1.165, 1.54) is 0 Å². The highest BCUT2D eigenvalue weighted by Crippen LogP contribution is 2.13. The molecular weight excluding hydrogens is 158 g/mol. The molecule has 0 saturated carbocycles. The van der Waals surface area contributed by atoms with E-state index < -0.39 is 0 Å². The summed E-state index contributed by atoms with van der Waals surface area (Å²) in [7, 11) is 1.87. The summed E-state index contributed by atoms with van der Waals surface area (Å²) in [6.07, 6.45) is 3.70. The highest BCUT2D eigenvalue weighted by Gasteiger charge is 2.03. The standard InChI is InChI=1S/C7H9N3S/c1-6(8-5-11)7-3-9-10(2)4-7/h3-4,6H,1-2H3/t6-/m1/s1. The molecule has 0 amide bonds. The maximum Gasteiger partial charge on any atom is 0.0854 e. The third-order valence-electron chi connectivity index (χ3n) is 1.45. The van der Waals surface area contributed by atoms with Crippen LogP contribution in [0.2, 0.25) is 0 Å². The zero-order chi connectivity index (χ0) is 8.27. The van der Waals surface area contributed by atoms with Crippen molar-refractivity contribution in [1.29, 1.82) is 0 Å². The van der Waals surface area contributed by atoms with Gasteiger partial charge < -0.3 is 0 Å². The van der Waals surface area contributed by atoms with E-state index in [9.17, 15) is 0 Å². The van der Waals surface area contributed by atoms with E-state index in [1.807, 2.05) is 20.2 Å². The van der Waals surface area contributed by atoms with Gasteiger partial charge in [-0.15, -0.1) is 0 Å². The number of aromatic nitrogens is 2. The zero-order valence-electron chi connectivity index (χ0n) is 6.48. The summed E-state index contributed by atoms with van der Waals surface area (Å²) in [5.74, 6) is 0. The van der Waals surface area contributed by atoms with Crippen molar-refractivity contribution in [3.05, 3.63) is 18.0 Å². The van der Waals surface area contributed by atoms with Crippen molar-refractivity contribution in [3.8, 4) is 0 Å². The summed E-state index contributed by atoms with van der Waals surface area (Å²) in [6, 6.07) is 0.0706. The number of hydrogen-bond donors (Lipinski definition) is 0. The Balaban J connectivity index is 2.84. The average Bonchev–Trinajstić information content (AvgIpc) is 2.36. The second kappa shape index (κ2) is 3.42. The van der Waals surface area contributed by atoms with E-state index in [4.69, 9.17) is 0 Å². The van der Waals surface area contributed by atoms with Crippen molar-refractivity contribution in [1.82, 2.24) is 9.78 Å². The Morgan fingerprint density at radius 2 is 2.55 bits per heavy atom. The Morgan fingerprint density at radius 3 is 3.00 bits per heavy atom. The van der Waals surface area contributed by atoms with E-state index >= 15 is 0 Å². The molecule has 1 rings (SSSR count). The van der Waals surface area contributed by atoms with Crippen molar-refractivity contribution in [2.75, 3.05) is 0 Å². The molecular formula is C7H9N3S. The number of aryl methyl sites for hydroxylation is 1. The number of aliphatic imine (C=N–C) groups is 1. The van der Waals surface area contributed by atoms with Crippen molar-refractivity contribution < 1.29 is 0 Å². The van der Waals surface area contributed by atoms with Gasteiger partial charge in [0.15, 0.2) is 0 Å². The van der Waals surface area contributed by atoms with Crippen LogP contribution in [0.25, 0.3) is 0 Å². The molecule has 0 unspecified atom stereocenters. The molecule has 0 aliphatic rings. The van der Waals surface area contributed by atoms with Crippen LogP contribution < -0.4 is 0 Å². The minimum atomic E-state index is 0.0706. The molecule has 0 N–H and O–H groups in total. The highest BCUT2D eigenvalue weighted by molar-refractivity contribution is 7.78. The Hall–Kier alpha value is -0.990. The van der Waals surface area contributed by atoms with Crippen molar-refractivity contribution >= 4 is 17.4 Å². The zero-order valence-corrected chi connectivity index (χ0v) is 7.30. The molecule has 0 aliphatic heterocycles. The molecule has 11 heavy (non-hydrogen) atoms. The van der Waals surface area contributed by atoms with Gasteiger partial charge in [-0.05, 0) is 19.1 Å². The van der Waals surface area contributed by atoms with Gasteiger partial charge in [0.1, 0.15) is 0 Å². The Morgan fingerprint density at radius 1 is 1.82 bits per heavy atom. The van der Waals surface area contributed by atoms with Crippen LogP contribution in [0.3, 0.4) is 0 Å². The molecule has 1 heterocycles. The van der Waals surface area contributed by atoms with Crippen molar-refractivity contribution in [2.45, 2.75) is 13.0 Å². The average molecular weight is 167 g/mol. The molecule has 1 aromatic rings. The third-order valence-corrected chi connectivity index (χ3v) is 1.56. The number of hydrogen-bond acceptors (Lipinski definition) is 3. The maximum absolute atomic E-state index is 4.49. The Labute approximate surface area is 70.8 Å².